The van der Waals surface area contributed by atoms with Crippen molar-refractivity contribution in [2.24, 2.45) is 21.6 Å². The Morgan fingerprint density at radius 3 is 2.58 bits per heavy atom. The van der Waals surface area contributed by atoms with Crippen molar-refractivity contribution in [3.8, 4) is 5.75 Å². The van der Waals surface area contributed by atoms with Gasteiger partial charge in [-0.25, -0.2) is 9.78 Å². The van der Waals surface area contributed by atoms with Crippen LogP contribution in [0.3, 0.4) is 0 Å². The molecule has 3 saturated carbocycles. The molecule has 270 valence electrons. The highest BCUT2D eigenvalue weighted by atomic mass is 32.3. The molecule has 0 radical (unpaired) electrons. The molecule has 2 aliphatic heterocycles. The first-order valence-electron chi connectivity index (χ1n) is 15.7. The Bertz CT molecular complexity index is 1920. The van der Waals surface area contributed by atoms with E-state index < -0.39 is 57.2 Å². The van der Waals surface area contributed by atoms with Gasteiger partial charge in [0, 0.05) is 16.5 Å². The van der Waals surface area contributed by atoms with E-state index >= 15 is 0 Å². The number of aromatic nitrogens is 1. The molecule has 18 nitrogen and oxygen atoms in total. The lowest BCUT2D eigenvalue weighted by molar-refractivity contribution is -0.218. The van der Waals surface area contributed by atoms with Crippen LogP contribution in [0.15, 0.2) is 33.7 Å². The van der Waals surface area contributed by atoms with Gasteiger partial charge < -0.3 is 37.2 Å². The number of amidine groups is 1. The Hall–Kier alpha value is -4.37. The lowest BCUT2D eigenvalue weighted by Crippen LogP contribution is -2.76. The second-order valence-corrected chi connectivity index (χ2v) is 15.9. The number of carboxylic acids is 1. The van der Waals surface area contributed by atoms with Gasteiger partial charge in [-0.3, -0.25) is 19.1 Å². The number of fused-ring (bicyclic) bond motifs is 3. The van der Waals surface area contributed by atoms with Crippen LogP contribution < -0.4 is 27.3 Å². The number of rotatable bonds is 11. The fourth-order valence-corrected chi connectivity index (χ4v) is 8.17. The van der Waals surface area contributed by atoms with Crippen LogP contribution in [0.1, 0.15) is 76.1 Å². The highest BCUT2D eigenvalue weighted by Gasteiger charge is 2.58. The van der Waals surface area contributed by atoms with Gasteiger partial charge in [0.15, 0.2) is 16.9 Å². The molecular weight excluding hydrogens is 697 g/mol. The zero-order chi connectivity index (χ0) is 36.4. The Morgan fingerprint density at radius 2 is 1.98 bits per heavy atom. The zero-order valence-corrected chi connectivity index (χ0v) is 29.0. The number of oxime groups is 1. The summed E-state index contributed by atoms with van der Waals surface area (Å²) in [5.74, 6) is -2.61. The molecule has 2 aromatic rings. The number of ether oxygens (including phenoxy) is 1. The number of aliphatic imine (C=N–C) groups is 1. The summed E-state index contributed by atoms with van der Waals surface area (Å²) in [7, 11) is -5.03. The van der Waals surface area contributed by atoms with E-state index in [1.807, 2.05) is 6.07 Å². The van der Waals surface area contributed by atoms with Crippen LogP contribution in [0.25, 0.3) is 0 Å². The van der Waals surface area contributed by atoms with Gasteiger partial charge in [-0.2, -0.15) is 13.5 Å². The van der Waals surface area contributed by atoms with Crippen LogP contribution in [0.4, 0.5) is 5.13 Å². The van der Waals surface area contributed by atoms with Crippen molar-refractivity contribution < 1.29 is 46.3 Å². The molecule has 7 rings (SSSR count). The number of aryl methyl sites for hydroxylation is 1. The number of hydrogen-bond donors (Lipinski definition) is 6. The molecule has 0 spiro atoms. The van der Waals surface area contributed by atoms with Crippen molar-refractivity contribution in [3.63, 3.8) is 0 Å². The van der Waals surface area contributed by atoms with Gasteiger partial charge in [0.25, 0.3) is 17.4 Å². The standard InChI is InChI=1S/C30H38N8O10S2/c1-27(2)21(24(40)38(27)48-50(43,44)45)35-23(39)20(17-12-49-26(32)34-17)37-47-28(3,25(41)42)19-8-6-15-11-16(5-7-18(15)46-19)22(31)36-30-10-4-9-29(33,13-30)14-30/h5,7,11-12,19,21H,4,6,8-10,13-14,33H2,1-3H3,(H2,31,36)(H2,32,34)(H,35,39)(H,41,42)(H,43,44,45)/b37-20-/t19-,21-,28+,29?,30?/m1/s1. The first-order chi connectivity index (χ1) is 23.2. The number of anilines is 1. The first-order valence-corrected chi connectivity index (χ1v) is 18.0. The Kier molecular flexibility index (Phi) is 8.61. The predicted molar refractivity (Wildman–Crippen MR) is 178 cm³/mol. The van der Waals surface area contributed by atoms with Crippen molar-refractivity contribution in [3.05, 3.63) is 40.4 Å². The maximum absolute atomic E-state index is 13.5. The van der Waals surface area contributed by atoms with E-state index in [-0.39, 0.29) is 28.3 Å². The van der Waals surface area contributed by atoms with E-state index in [4.69, 9.17) is 36.3 Å². The molecule has 3 aliphatic carbocycles. The molecule has 4 fully saturated rings. The smallest absolute Gasteiger partial charge is 0.418 e. The number of aliphatic carboxylic acids is 1. The molecule has 5 aliphatic rings. The van der Waals surface area contributed by atoms with E-state index in [9.17, 15) is 27.9 Å². The Morgan fingerprint density at radius 1 is 1.26 bits per heavy atom. The van der Waals surface area contributed by atoms with Crippen LogP contribution in [-0.2, 0) is 40.3 Å². The molecular formula is C30H38N8O10S2. The number of β-lactam (4-membered cyclic amide) rings is 1. The van der Waals surface area contributed by atoms with Crippen LogP contribution >= 0.6 is 11.3 Å². The molecule has 0 unspecified atom stereocenters. The third kappa shape index (κ3) is 6.48. The van der Waals surface area contributed by atoms with Gasteiger partial charge in [0.05, 0.1) is 11.1 Å². The minimum absolute atomic E-state index is 0.0603. The summed E-state index contributed by atoms with van der Waals surface area (Å²) in [5, 5.41) is 18.4. The quantitative estimate of drug-likeness (QED) is 0.0608. The summed E-state index contributed by atoms with van der Waals surface area (Å²) in [4.78, 5) is 53.3. The number of nitrogens with one attached hydrogen (secondary N) is 1. The van der Waals surface area contributed by atoms with Crippen LogP contribution in [-0.4, -0.2) is 91.8 Å². The molecule has 3 heterocycles. The van der Waals surface area contributed by atoms with Crippen LogP contribution in [0.5, 0.6) is 5.75 Å². The van der Waals surface area contributed by atoms with Crippen LogP contribution in [0, 0.1) is 0 Å². The number of thiazole rings is 1. The van der Waals surface area contributed by atoms with Gasteiger partial charge in [0.1, 0.15) is 23.3 Å². The molecule has 2 bridgehead atoms. The number of carbonyl (C=O) groups is 3. The largest absolute Gasteiger partial charge is 0.485 e. The molecule has 2 amide bonds. The number of amides is 2. The van der Waals surface area contributed by atoms with Gasteiger partial charge in [-0.05, 0) is 89.5 Å². The second kappa shape index (κ2) is 12.1. The maximum Gasteiger partial charge on any atom is 0.418 e. The number of carbonyl (C=O) groups excluding carboxylic acids is 2. The zero-order valence-electron chi connectivity index (χ0n) is 27.4. The number of benzene rings is 1. The Labute approximate surface area is 290 Å². The highest BCUT2D eigenvalue weighted by Crippen LogP contribution is 2.53. The van der Waals surface area contributed by atoms with E-state index in [0.717, 1.165) is 54.6 Å². The molecule has 1 aromatic carbocycles. The van der Waals surface area contributed by atoms with Gasteiger partial charge in [-0.15, -0.1) is 15.6 Å². The lowest BCUT2D eigenvalue weighted by atomic mass is 9.55. The molecule has 9 N–H and O–H groups in total. The van der Waals surface area contributed by atoms with Gasteiger partial charge >= 0.3 is 16.4 Å². The molecule has 1 saturated heterocycles. The average molecular weight is 735 g/mol. The number of nitrogens with zero attached hydrogens (tertiary/aromatic N) is 4. The topological polar surface area (TPSA) is 284 Å². The van der Waals surface area contributed by atoms with E-state index in [1.54, 1.807) is 12.1 Å². The minimum atomic E-state index is -5.03. The monoisotopic (exact) mass is 734 g/mol. The fourth-order valence-electron chi connectivity index (χ4n) is 7.17. The summed E-state index contributed by atoms with van der Waals surface area (Å²) in [6.45, 7) is 4.00. The summed E-state index contributed by atoms with van der Waals surface area (Å²) in [6, 6.07) is 3.98. The minimum Gasteiger partial charge on any atom is -0.485 e. The third-order valence-electron chi connectivity index (χ3n) is 9.80. The summed E-state index contributed by atoms with van der Waals surface area (Å²) >= 11 is 0.967. The van der Waals surface area contributed by atoms with Crippen molar-refractivity contribution in [2.75, 3.05) is 5.73 Å². The third-order valence-corrected chi connectivity index (χ3v) is 10.8. The van der Waals surface area contributed by atoms with E-state index in [2.05, 4.69) is 19.7 Å². The summed E-state index contributed by atoms with van der Waals surface area (Å²) < 4.78 is 41.8. The normalized spacial score (nSPS) is 28.7. The van der Waals surface area contributed by atoms with Crippen molar-refractivity contribution in [1.29, 1.82) is 0 Å². The average Bonchev–Trinajstić information content (AvgIpc) is 3.46. The predicted octanol–water partition coefficient (Wildman–Crippen LogP) is 0.642. The number of hydroxylamine groups is 2. The number of carboxylic acid groups (broad SMARTS) is 1. The SMILES string of the molecule is CC1(C)[C@H](NC(=O)/C(=N\O[C@](C)(C(=O)O)[C@H]2CCc3cc(C(N)=NC45CCCC(N)(C4)C5)ccc3O2)c2csc(N)n2)C(=O)N1OS(=O)(=O)O. The molecule has 50 heavy (non-hydrogen) atoms. The maximum atomic E-state index is 13.5. The number of nitrogen functional groups attached to an aromatic ring is 1. The van der Waals surface area contributed by atoms with Gasteiger partial charge in [0.2, 0.25) is 0 Å². The highest BCUT2D eigenvalue weighted by molar-refractivity contribution is 7.80. The Balaban J connectivity index is 1.20. The van der Waals surface area contributed by atoms with Crippen molar-refractivity contribution >= 4 is 56.2 Å². The number of hydrogen-bond acceptors (Lipinski definition) is 14. The van der Waals surface area contributed by atoms with E-state index in [0.29, 0.717) is 23.1 Å². The molecule has 3 atom stereocenters. The van der Waals surface area contributed by atoms with Gasteiger partial charge in [-0.1, -0.05) is 5.16 Å². The second-order valence-electron chi connectivity index (χ2n) is 14.0. The molecule has 1 aromatic heterocycles. The van der Waals surface area contributed by atoms with Crippen molar-refractivity contribution in [2.45, 2.75) is 100 Å². The summed E-state index contributed by atoms with van der Waals surface area (Å²) in [6.07, 6.45) is 4.12. The fraction of sp³-hybridized carbons (Fsp3) is 0.533. The van der Waals surface area contributed by atoms with Crippen LogP contribution in [0.2, 0.25) is 0 Å². The summed E-state index contributed by atoms with van der Waals surface area (Å²) in [5.41, 5.74) is 15.6. The number of nitrogens with two attached hydrogens (primary N) is 3. The first kappa shape index (κ1) is 35.5. The molecule has 20 heteroatoms. The lowest BCUT2D eigenvalue weighted by Gasteiger charge is -2.56. The van der Waals surface area contributed by atoms with E-state index in [1.165, 1.54) is 26.2 Å². The van der Waals surface area contributed by atoms with Crippen molar-refractivity contribution in [1.82, 2.24) is 15.4 Å².